The molecule has 1 aromatic heterocycles. The van der Waals surface area contributed by atoms with Crippen molar-refractivity contribution in [1.82, 2.24) is 9.80 Å². The Morgan fingerprint density at radius 1 is 1.12 bits per heavy atom. The van der Waals surface area contributed by atoms with Gasteiger partial charge in [0.05, 0.1) is 9.88 Å². The van der Waals surface area contributed by atoms with Crippen LogP contribution < -0.4 is 10.1 Å². The zero-order valence-electron chi connectivity index (χ0n) is 17.6. The number of benzene rings is 1. The Hall–Kier alpha value is -2.59. The lowest BCUT2D eigenvalue weighted by atomic mass is 10.2. The number of hydrogen-bond donors (Lipinski definition) is 1. The van der Waals surface area contributed by atoms with E-state index in [2.05, 4.69) is 15.0 Å². The van der Waals surface area contributed by atoms with Crippen LogP contribution in [0.25, 0.3) is 0 Å². The minimum Gasteiger partial charge on any atom is -0.406 e. The van der Waals surface area contributed by atoms with Gasteiger partial charge in [0.25, 0.3) is 5.91 Å². The van der Waals surface area contributed by atoms with Crippen LogP contribution in [0.1, 0.15) is 33.6 Å². The minimum absolute atomic E-state index is 0.0249. The van der Waals surface area contributed by atoms with Crippen molar-refractivity contribution in [1.29, 1.82) is 0 Å². The van der Waals surface area contributed by atoms with Gasteiger partial charge in [-0.1, -0.05) is 12.1 Å². The predicted octanol–water partition coefficient (Wildman–Crippen LogP) is 4.26. The smallest absolute Gasteiger partial charge is 0.406 e. The van der Waals surface area contributed by atoms with Gasteiger partial charge in [-0.25, -0.2) is 0 Å². The number of hydrogen-bond acceptors (Lipinski definition) is 5. The number of carbonyl (C=O) groups is 2. The summed E-state index contributed by atoms with van der Waals surface area (Å²) in [7, 11) is 0. The van der Waals surface area contributed by atoms with Gasteiger partial charge in [-0.05, 0) is 49.1 Å². The third kappa shape index (κ3) is 5.80. The van der Waals surface area contributed by atoms with Crippen LogP contribution in [0.2, 0.25) is 0 Å². The highest BCUT2D eigenvalue weighted by atomic mass is 32.1. The summed E-state index contributed by atoms with van der Waals surface area (Å²) in [6, 6.07) is 7.69. The molecule has 2 aromatic rings. The monoisotopic (exact) mass is 467 g/mol. The number of nitrogens with zero attached hydrogens (tertiary/aromatic N) is 2. The van der Waals surface area contributed by atoms with Gasteiger partial charge in [0.15, 0.2) is 0 Å². The van der Waals surface area contributed by atoms with Gasteiger partial charge < -0.3 is 15.0 Å². The maximum Gasteiger partial charge on any atom is 0.573 e. The fourth-order valence-electron chi connectivity index (χ4n) is 3.63. The molecule has 2 heterocycles. The van der Waals surface area contributed by atoms with E-state index in [-0.39, 0.29) is 23.5 Å². The first-order valence-corrected chi connectivity index (χ1v) is 11.3. The average molecular weight is 468 g/mol. The lowest BCUT2D eigenvalue weighted by Gasteiger charge is -2.34. The van der Waals surface area contributed by atoms with E-state index in [9.17, 15) is 22.8 Å². The van der Waals surface area contributed by atoms with Crippen molar-refractivity contribution in [2.75, 3.05) is 31.5 Å². The number of alkyl halides is 3. The maximum atomic E-state index is 13.0. The van der Waals surface area contributed by atoms with E-state index in [0.29, 0.717) is 42.6 Å². The van der Waals surface area contributed by atoms with Crippen LogP contribution >= 0.6 is 11.3 Å². The SMILES string of the molecule is Cc1cc(NC(=O)C2CC2)sc1C(=O)N1CCN(Cc2ccc(OC(F)(F)F)cc2)CC1. The first-order valence-electron chi connectivity index (χ1n) is 10.5. The lowest BCUT2D eigenvalue weighted by molar-refractivity contribution is -0.274. The average Bonchev–Trinajstić information content (AvgIpc) is 3.52. The molecule has 2 amide bonds. The molecule has 1 N–H and O–H groups in total. The van der Waals surface area contributed by atoms with E-state index in [1.807, 2.05) is 17.9 Å². The summed E-state index contributed by atoms with van der Waals surface area (Å²) < 4.78 is 40.7. The first-order chi connectivity index (χ1) is 15.2. The molecule has 2 fully saturated rings. The number of piperazine rings is 1. The molecular weight excluding hydrogens is 443 g/mol. The van der Waals surface area contributed by atoms with Crippen LogP contribution in [-0.2, 0) is 11.3 Å². The van der Waals surface area contributed by atoms with E-state index in [1.165, 1.54) is 23.5 Å². The van der Waals surface area contributed by atoms with Crippen molar-refractivity contribution < 1.29 is 27.5 Å². The summed E-state index contributed by atoms with van der Waals surface area (Å²) in [5.74, 6) is -0.140. The first kappa shape index (κ1) is 22.6. The Kier molecular flexibility index (Phi) is 6.43. The van der Waals surface area contributed by atoms with E-state index >= 15 is 0 Å². The topological polar surface area (TPSA) is 61.9 Å². The number of ether oxygens (including phenoxy) is 1. The molecule has 0 atom stereocenters. The lowest BCUT2D eigenvalue weighted by Crippen LogP contribution is -2.48. The predicted molar refractivity (Wildman–Crippen MR) is 115 cm³/mol. The Morgan fingerprint density at radius 2 is 1.78 bits per heavy atom. The summed E-state index contributed by atoms with van der Waals surface area (Å²) in [5.41, 5.74) is 1.74. The number of halogens is 3. The van der Waals surface area contributed by atoms with Crippen LogP contribution in [0.15, 0.2) is 30.3 Å². The standard InChI is InChI=1S/C22H24F3N3O3S/c1-14-12-18(26-20(29)16-4-5-16)32-19(14)21(30)28-10-8-27(9-11-28)13-15-2-6-17(7-3-15)31-22(23,24)25/h2-3,6-7,12,16H,4-5,8-11,13H2,1H3,(H,26,29). The quantitative estimate of drug-likeness (QED) is 0.690. The third-order valence-corrected chi connectivity index (χ3v) is 6.67. The molecule has 1 saturated carbocycles. The molecule has 6 nitrogen and oxygen atoms in total. The highest BCUT2D eigenvalue weighted by molar-refractivity contribution is 7.18. The zero-order valence-corrected chi connectivity index (χ0v) is 18.4. The number of rotatable bonds is 6. The molecule has 0 spiro atoms. The Balaban J connectivity index is 1.28. The summed E-state index contributed by atoms with van der Waals surface area (Å²) in [4.78, 5) is 29.6. The summed E-state index contributed by atoms with van der Waals surface area (Å²) in [6.07, 6.45) is -2.84. The molecule has 4 rings (SSSR count). The summed E-state index contributed by atoms with van der Waals surface area (Å²) in [6.45, 7) is 4.93. The van der Waals surface area contributed by atoms with E-state index in [4.69, 9.17) is 0 Å². The molecule has 1 aliphatic heterocycles. The summed E-state index contributed by atoms with van der Waals surface area (Å²) in [5, 5.41) is 3.61. The van der Waals surface area contributed by atoms with Crippen LogP contribution in [0.5, 0.6) is 5.75 Å². The molecule has 10 heteroatoms. The van der Waals surface area contributed by atoms with E-state index < -0.39 is 6.36 Å². The van der Waals surface area contributed by atoms with E-state index in [1.54, 1.807) is 12.1 Å². The zero-order chi connectivity index (χ0) is 22.9. The van der Waals surface area contributed by atoms with Gasteiger partial charge in [-0.15, -0.1) is 24.5 Å². The number of aryl methyl sites for hydroxylation is 1. The number of carbonyl (C=O) groups excluding carboxylic acids is 2. The Morgan fingerprint density at radius 3 is 2.38 bits per heavy atom. The van der Waals surface area contributed by atoms with Crippen molar-refractivity contribution in [3.63, 3.8) is 0 Å². The molecule has 1 saturated heterocycles. The third-order valence-electron chi connectivity index (χ3n) is 5.53. The number of thiophene rings is 1. The Bertz CT molecular complexity index is 979. The van der Waals surface area contributed by atoms with Gasteiger partial charge in [0.1, 0.15) is 5.75 Å². The van der Waals surface area contributed by atoms with Crippen LogP contribution in [0, 0.1) is 12.8 Å². The largest absolute Gasteiger partial charge is 0.573 e. The van der Waals surface area contributed by atoms with Gasteiger partial charge in [-0.2, -0.15) is 0 Å². The van der Waals surface area contributed by atoms with Gasteiger partial charge in [0, 0.05) is 38.6 Å². The number of nitrogens with one attached hydrogen (secondary N) is 1. The second kappa shape index (κ2) is 9.11. The minimum atomic E-state index is -4.70. The number of amides is 2. The van der Waals surface area contributed by atoms with Gasteiger partial charge in [-0.3, -0.25) is 14.5 Å². The van der Waals surface area contributed by atoms with Crippen molar-refractivity contribution in [3.05, 3.63) is 46.3 Å². The van der Waals surface area contributed by atoms with Crippen molar-refractivity contribution in [2.45, 2.75) is 32.7 Å². The molecule has 0 radical (unpaired) electrons. The van der Waals surface area contributed by atoms with Crippen molar-refractivity contribution in [3.8, 4) is 5.75 Å². The summed E-state index contributed by atoms with van der Waals surface area (Å²) >= 11 is 1.31. The fraction of sp³-hybridized carbons (Fsp3) is 0.455. The molecule has 0 bridgehead atoms. The molecule has 1 aromatic carbocycles. The second-order valence-electron chi connectivity index (χ2n) is 8.15. The van der Waals surface area contributed by atoms with Crippen molar-refractivity contribution in [2.24, 2.45) is 5.92 Å². The number of anilines is 1. The van der Waals surface area contributed by atoms with Crippen LogP contribution in [0.3, 0.4) is 0 Å². The van der Waals surface area contributed by atoms with E-state index in [0.717, 1.165) is 24.0 Å². The second-order valence-corrected chi connectivity index (χ2v) is 9.20. The molecule has 172 valence electrons. The fourth-order valence-corrected chi connectivity index (χ4v) is 4.68. The van der Waals surface area contributed by atoms with Crippen LogP contribution in [-0.4, -0.2) is 54.2 Å². The Labute approximate surface area is 187 Å². The highest BCUT2D eigenvalue weighted by Gasteiger charge is 2.32. The maximum absolute atomic E-state index is 13.0. The highest BCUT2D eigenvalue weighted by Crippen LogP contribution is 2.33. The molecular formula is C22H24F3N3O3S. The molecule has 2 aliphatic rings. The van der Waals surface area contributed by atoms with Crippen molar-refractivity contribution >= 4 is 28.2 Å². The van der Waals surface area contributed by atoms with Gasteiger partial charge in [0.2, 0.25) is 5.91 Å². The molecule has 0 unspecified atom stereocenters. The van der Waals surface area contributed by atoms with Crippen LogP contribution in [0.4, 0.5) is 18.2 Å². The molecule has 32 heavy (non-hydrogen) atoms. The molecule has 1 aliphatic carbocycles. The van der Waals surface area contributed by atoms with Gasteiger partial charge >= 0.3 is 6.36 Å². The normalized spacial score (nSPS) is 17.3.